The molecule has 9 nitrogen and oxygen atoms in total. The number of nitrogens with one attached hydrogen (secondary N) is 1. The third-order valence-corrected chi connectivity index (χ3v) is 6.78. The van der Waals surface area contributed by atoms with Gasteiger partial charge in [-0.15, -0.1) is 11.3 Å². The van der Waals surface area contributed by atoms with E-state index in [1.54, 1.807) is 38.0 Å². The molecule has 4 heterocycles. The fraction of sp³-hybridized carbons (Fsp3) is 0.571. The summed E-state index contributed by atoms with van der Waals surface area (Å²) in [6.07, 6.45) is 5.87. The number of carbonyl (C=O) groups is 3. The number of hydrogen-bond donors (Lipinski definition) is 1. The van der Waals surface area contributed by atoms with E-state index in [1.165, 1.54) is 11.3 Å². The second kappa shape index (κ2) is 8.41. The number of carbonyl (C=O) groups excluding carboxylic acids is 3. The van der Waals surface area contributed by atoms with Crippen LogP contribution < -0.4 is 5.32 Å². The maximum absolute atomic E-state index is 12.9. The van der Waals surface area contributed by atoms with Gasteiger partial charge in [0.1, 0.15) is 5.60 Å². The van der Waals surface area contributed by atoms with E-state index < -0.39 is 11.5 Å². The normalized spacial score (nSPS) is 21.2. The Morgan fingerprint density at radius 3 is 2.68 bits per heavy atom. The van der Waals surface area contributed by atoms with Crippen LogP contribution >= 0.6 is 11.3 Å². The molecule has 10 heteroatoms. The molecule has 0 radical (unpaired) electrons. The highest BCUT2D eigenvalue weighted by molar-refractivity contribution is 7.13. The van der Waals surface area contributed by atoms with Crippen molar-refractivity contribution < 1.29 is 19.1 Å². The Morgan fingerprint density at radius 1 is 1.32 bits per heavy atom. The number of nitrogens with zero attached hydrogens (tertiary/aromatic N) is 4. The highest BCUT2D eigenvalue weighted by Gasteiger charge is 2.47. The zero-order valence-electron chi connectivity index (χ0n) is 18.0. The maximum atomic E-state index is 12.9. The number of cyclic esters (lactones) is 1. The molecule has 2 amide bonds. The van der Waals surface area contributed by atoms with Gasteiger partial charge in [0.25, 0.3) is 5.91 Å². The quantitative estimate of drug-likeness (QED) is 0.708. The van der Waals surface area contributed by atoms with Crippen molar-refractivity contribution in [3.63, 3.8) is 0 Å². The van der Waals surface area contributed by atoms with Gasteiger partial charge in [-0.2, -0.15) is 5.10 Å². The first kappa shape index (κ1) is 21.5. The lowest BCUT2D eigenvalue weighted by molar-refractivity contribution is -0.149. The van der Waals surface area contributed by atoms with Crippen LogP contribution in [0.25, 0.3) is 0 Å². The molecule has 2 aliphatic rings. The van der Waals surface area contributed by atoms with E-state index in [9.17, 15) is 14.4 Å². The van der Waals surface area contributed by atoms with E-state index in [1.807, 2.05) is 10.3 Å². The topological polar surface area (TPSA) is 106 Å². The van der Waals surface area contributed by atoms with E-state index in [-0.39, 0.29) is 24.2 Å². The van der Waals surface area contributed by atoms with Crippen LogP contribution in [0.3, 0.4) is 0 Å². The Bertz CT molecular complexity index is 976. The van der Waals surface area contributed by atoms with Gasteiger partial charge in [-0.3, -0.25) is 24.4 Å². The fourth-order valence-corrected chi connectivity index (χ4v) is 4.90. The van der Waals surface area contributed by atoms with Crippen LogP contribution in [-0.2, 0) is 27.8 Å². The second-order valence-electron chi connectivity index (χ2n) is 8.76. The SMILES string of the molecule is Cn1cc(C(=O)Nc2nccs2)c(CC2CCN(C(=O)C3CC(=O)OC3(C)C)CC2)n1. The van der Waals surface area contributed by atoms with Crippen molar-refractivity contribution in [3.8, 4) is 0 Å². The minimum absolute atomic E-state index is 0.00403. The van der Waals surface area contributed by atoms with Crippen LogP contribution in [0.1, 0.15) is 49.2 Å². The third-order valence-electron chi connectivity index (χ3n) is 6.10. The molecule has 1 unspecified atom stereocenters. The Labute approximate surface area is 184 Å². The Balaban J connectivity index is 1.36. The first-order chi connectivity index (χ1) is 14.7. The van der Waals surface area contributed by atoms with Crippen LogP contribution in [0.4, 0.5) is 5.13 Å². The summed E-state index contributed by atoms with van der Waals surface area (Å²) in [5, 5.41) is 9.69. The van der Waals surface area contributed by atoms with Gasteiger partial charge >= 0.3 is 5.97 Å². The average molecular weight is 446 g/mol. The number of rotatable bonds is 5. The van der Waals surface area contributed by atoms with Crippen molar-refractivity contribution in [2.75, 3.05) is 18.4 Å². The van der Waals surface area contributed by atoms with Gasteiger partial charge in [0.05, 0.1) is 23.6 Å². The molecule has 2 aromatic heterocycles. The van der Waals surface area contributed by atoms with Crippen molar-refractivity contribution in [2.24, 2.45) is 18.9 Å². The molecular weight excluding hydrogens is 418 g/mol. The predicted molar refractivity (Wildman–Crippen MR) is 115 cm³/mol. The summed E-state index contributed by atoms with van der Waals surface area (Å²) in [5.41, 5.74) is 0.565. The number of aryl methyl sites for hydroxylation is 1. The van der Waals surface area contributed by atoms with Crippen molar-refractivity contribution in [1.29, 1.82) is 0 Å². The molecule has 2 aromatic rings. The molecule has 1 N–H and O–H groups in total. The monoisotopic (exact) mass is 445 g/mol. The number of aromatic nitrogens is 3. The van der Waals surface area contributed by atoms with Gasteiger partial charge in [-0.1, -0.05) is 0 Å². The highest BCUT2D eigenvalue weighted by atomic mass is 32.1. The lowest BCUT2D eigenvalue weighted by Crippen LogP contribution is -2.46. The lowest BCUT2D eigenvalue weighted by Gasteiger charge is -2.35. The van der Waals surface area contributed by atoms with Crippen LogP contribution in [0, 0.1) is 11.8 Å². The number of ether oxygens (including phenoxy) is 1. The second-order valence-corrected chi connectivity index (χ2v) is 9.66. The molecule has 0 aromatic carbocycles. The highest BCUT2D eigenvalue weighted by Crippen LogP contribution is 2.35. The van der Waals surface area contributed by atoms with E-state index in [0.717, 1.165) is 18.5 Å². The minimum Gasteiger partial charge on any atom is -0.459 e. The van der Waals surface area contributed by atoms with Crippen molar-refractivity contribution >= 4 is 34.3 Å². The molecule has 0 spiro atoms. The standard InChI is InChI=1S/C21H27N5O4S/c1-21(2)15(11-17(27)30-21)19(29)26-7-4-13(5-8-26)10-16-14(12-25(3)24-16)18(28)23-20-22-6-9-31-20/h6,9,12-13,15H,4-5,7-8,10-11H2,1-3H3,(H,22,23,28). The van der Waals surface area contributed by atoms with Crippen LogP contribution in [-0.4, -0.2) is 56.1 Å². The number of anilines is 1. The Kier molecular flexibility index (Phi) is 5.83. The largest absolute Gasteiger partial charge is 0.459 e. The van der Waals surface area contributed by atoms with Crippen molar-refractivity contribution in [3.05, 3.63) is 29.0 Å². The Morgan fingerprint density at radius 2 is 2.06 bits per heavy atom. The lowest BCUT2D eigenvalue weighted by atomic mass is 9.87. The van der Waals surface area contributed by atoms with E-state index in [4.69, 9.17) is 4.74 Å². The summed E-state index contributed by atoms with van der Waals surface area (Å²) in [7, 11) is 1.80. The van der Waals surface area contributed by atoms with Crippen LogP contribution in [0.2, 0.25) is 0 Å². The van der Waals surface area contributed by atoms with Gasteiger partial charge in [-0.25, -0.2) is 4.98 Å². The van der Waals surface area contributed by atoms with Crippen molar-refractivity contribution in [1.82, 2.24) is 19.7 Å². The predicted octanol–water partition coefficient (Wildman–Crippen LogP) is 2.25. The van der Waals surface area contributed by atoms with Crippen LogP contribution in [0.5, 0.6) is 0 Å². The number of esters is 1. The van der Waals surface area contributed by atoms with Gasteiger partial charge < -0.3 is 9.64 Å². The Hall–Kier alpha value is -2.75. The number of amides is 2. The molecule has 2 saturated heterocycles. The molecule has 0 bridgehead atoms. The zero-order chi connectivity index (χ0) is 22.2. The molecule has 0 saturated carbocycles. The summed E-state index contributed by atoms with van der Waals surface area (Å²) in [6.45, 7) is 4.87. The molecular formula is C21H27N5O4S. The first-order valence-electron chi connectivity index (χ1n) is 10.5. The number of thiazole rings is 1. The van der Waals surface area contributed by atoms with Gasteiger partial charge in [0.15, 0.2) is 5.13 Å². The van der Waals surface area contributed by atoms with Gasteiger partial charge in [-0.05, 0) is 39.0 Å². The van der Waals surface area contributed by atoms with E-state index in [2.05, 4.69) is 15.4 Å². The fourth-order valence-electron chi connectivity index (χ4n) is 4.38. The molecule has 166 valence electrons. The summed E-state index contributed by atoms with van der Waals surface area (Å²) < 4.78 is 6.97. The molecule has 0 aliphatic carbocycles. The van der Waals surface area contributed by atoms with Gasteiger partial charge in [0, 0.05) is 37.9 Å². The molecule has 1 atom stereocenters. The summed E-state index contributed by atoms with van der Waals surface area (Å²) in [5.74, 6) is -0.611. The minimum atomic E-state index is -0.751. The number of hydrogen-bond acceptors (Lipinski definition) is 7. The smallest absolute Gasteiger partial charge is 0.307 e. The molecule has 2 aliphatic heterocycles. The first-order valence-corrected chi connectivity index (χ1v) is 11.3. The summed E-state index contributed by atoms with van der Waals surface area (Å²) in [6, 6.07) is 0. The third kappa shape index (κ3) is 4.63. The van der Waals surface area contributed by atoms with E-state index in [0.29, 0.717) is 36.1 Å². The average Bonchev–Trinajstić information content (AvgIpc) is 3.41. The van der Waals surface area contributed by atoms with E-state index >= 15 is 0 Å². The van der Waals surface area contributed by atoms with Crippen LogP contribution in [0.15, 0.2) is 17.8 Å². The number of piperidine rings is 1. The molecule has 4 rings (SSSR count). The zero-order valence-corrected chi connectivity index (χ0v) is 18.8. The summed E-state index contributed by atoms with van der Waals surface area (Å²) >= 11 is 1.37. The van der Waals surface area contributed by atoms with Crippen molar-refractivity contribution in [2.45, 2.75) is 45.1 Å². The molecule has 2 fully saturated rings. The number of likely N-dealkylation sites (tertiary alicyclic amines) is 1. The maximum Gasteiger partial charge on any atom is 0.307 e. The van der Waals surface area contributed by atoms with Gasteiger partial charge in [0.2, 0.25) is 5.91 Å². The summed E-state index contributed by atoms with van der Waals surface area (Å²) in [4.78, 5) is 43.2. The molecule has 31 heavy (non-hydrogen) atoms.